The van der Waals surface area contributed by atoms with Gasteiger partial charge in [-0.2, -0.15) is 4.89 Å². The van der Waals surface area contributed by atoms with Crippen molar-refractivity contribution < 1.29 is 19.3 Å². The van der Waals surface area contributed by atoms with Crippen molar-refractivity contribution in [3.05, 3.63) is 46.8 Å². The fourth-order valence-corrected chi connectivity index (χ4v) is 2.52. The summed E-state index contributed by atoms with van der Waals surface area (Å²) in [5, 5.41) is 0. The largest absolute Gasteiger partial charge is 0.517 e. The third-order valence-corrected chi connectivity index (χ3v) is 4.06. The summed E-state index contributed by atoms with van der Waals surface area (Å²) in [4.78, 5) is 19.5. The molecular weight excluding hydrogens is 304 g/mol. The van der Waals surface area contributed by atoms with Gasteiger partial charge in [-0.3, -0.25) is 0 Å². The molecule has 24 heavy (non-hydrogen) atoms. The maximum atomic E-state index is 9.69. The van der Waals surface area contributed by atoms with Crippen LogP contribution in [0.4, 0.5) is 0 Å². The van der Waals surface area contributed by atoms with Gasteiger partial charge in [0.2, 0.25) is 5.76 Å². The van der Waals surface area contributed by atoms with Gasteiger partial charge >= 0.3 is 5.97 Å². The van der Waals surface area contributed by atoms with Crippen LogP contribution in [0.15, 0.2) is 46.8 Å². The lowest BCUT2D eigenvalue weighted by molar-refractivity contribution is -0.245. The van der Waals surface area contributed by atoms with Crippen LogP contribution in [0.5, 0.6) is 0 Å². The summed E-state index contributed by atoms with van der Waals surface area (Å²) in [6.07, 6.45) is 13.4. The predicted molar refractivity (Wildman–Crippen MR) is 98.0 cm³/mol. The lowest BCUT2D eigenvalue weighted by atomic mass is 10.1. The minimum absolute atomic E-state index is 0.0854. The molecule has 4 heteroatoms. The first kappa shape index (κ1) is 20.2. The summed E-state index contributed by atoms with van der Waals surface area (Å²) >= 11 is 0. The first-order chi connectivity index (χ1) is 11.5. The molecule has 1 atom stereocenters. The van der Waals surface area contributed by atoms with Gasteiger partial charge in [-0.05, 0) is 53.4 Å². The maximum Gasteiger partial charge on any atom is 0.517 e. The molecule has 0 fully saturated rings. The molecule has 0 aromatic rings. The number of hydrogen-bond acceptors (Lipinski definition) is 3. The molecule has 0 saturated carbocycles. The number of hydrogen-bond donors (Lipinski definition) is 0. The SMILES string of the molecule is C/C=C\CC/C(C)=C/CC/C(C)=C/CC1OC(=[OH+])C(C)=C1OOC. The van der Waals surface area contributed by atoms with Gasteiger partial charge < -0.3 is 14.4 Å². The van der Waals surface area contributed by atoms with Crippen molar-refractivity contribution in [1.29, 1.82) is 0 Å². The number of ether oxygens (including phenoxy) is 1. The first-order valence-electron chi connectivity index (χ1n) is 8.56. The molecule has 0 amide bonds. The van der Waals surface area contributed by atoms with Crippen LogP contribution in [-0.2, 0) is 14.5 Å². The van der Waals surface area contributed by atoms with Gasteiger partial charge in [0.05, 0.1) is 7.11 Å². The molecule has 0 saturated heterocycles. The third kappa shape index (κ3) is 6.75. The molecule has 4 nitrogen and oxygen atoms in total. The fraction of sp³-hybridized carbons (Fsp3) is 0.550. The standard InChI is InChI=1S/C20H30O4/c1-6-7-8-10-15(2)11-9-12-16(3)13-14-18-19(24-22-5)17(4)20(21)23-18/h6-7,11,13,18H,8-10,12,14H2,1-5H3/p+1/b7-6-,15-11+,16-13+. The Balaban J connectivity index is 2.44. The second kappa shape index (κ2) is 10.9. The molecule has 0 aliphatic carbocycles. The maximum absolute atomic E-state index is 9.69. The summed E-state index contributed by atoms with van der Waals surface area (Å²) < 4.78 is 5.42. The number of rotatable bonds is 10. The van der Waals surface area contributed by atoms with E-state index in [-0.39, 0.29) is 12.1 Å². The van der Waals surface area contributed by atoms with Crippen molar-refractivity contribution in [1.82, 2.24) is 0 Å². The van der Waals surface area contributed by atoms with E-state index in [4.69, 9.17) is 14.5 Å². The third-order valence-electron chi connectivity index (χ3n) is 4.06. The minimum Gasteiger partial charge on any atom is -0.335 e. The second-order valence-electron chi connectivity index (χ2n) is 6.13. The highest BCUT2D eigenvalue weighted by molar-refractivity contribution is 5.92. The number of esters is 1. The van der Waals surface area contributed by atoms with Crippen molar-refractivity contribution in [3.63, 3.8) is 0 Å². The Morgan fingerprint density at radius 3 is 2.50 bits per heavy atom. The molecule has 1 aliphatic rings. The van der Waals surface area contributed by atoms with Crippen LogP contribution in [0.25, 0.3) is 0 Å². The quantitative estimate of drug-likeness (QED) is 0.182. The normalized spacial score (nSPS) is 19.4. The molecule has 0 aromatic heterocycles. The molecule has 1 aliphatic heterocycles. The molecule has 0 bridgehead atoms. The van der Waals surface area contributed by atoms with Gasteiger partial charge in [0.1, 0.15) is 5.57 Å². The van der Waals surface area contributed by atoms with Gasteiger partial charge in [0, 0.05) is 6.42 Å². The topological polar surface area (TPSA) is 49.1 Å². The van der Waals surface area contributed by atoms with Crippen LogP contribution in [0.3, 0.4) is 0 Å². The zero-order valence-electron chi connectivity index (χ0n) is 15.6. The Labute approximate surface area is 145 Å². The Bertz CT molecular complexity index is 538. The van der Waals surface area contributed by atoms with E-state index < -0.39 is 0 Å². The van der Waals surface area contributed by atoms with E-state index in [1.165, 1.54) is 18.3 Å². The van der Waals surface area contributed by atoms with Crippen LogP contribution in [-0.4, -0.2) is 24.0 Å². The molecule has 134 valence electrons. The van der Waals surface area contributed by atoms with Gasteiger partial charge in [-0.25, -0.2) is 0 Å². The molecule has 0 radical (unpaired) electrons. The number of cyclic esters (lactones) is 1. The van der Waals surface area contributed by atoms with Gasteiger partial charge in [-0.1, -0.05) is 35.5 Å². The fourth-order valence-electron chi connectivity index (χ4n) is 2.52. The lowest BCUT2D eigenvalue weighted by Gasteiger charge is -2.07. The van der Waals surface area contributed by atoms with E-state index in [9.17, 15) is 4.79 Å². The predicted octanol–water partition coefficient (Wildman–Crippen LogP) is 5.16. The summed E-state index contributed by atoms with van der Waals surface area (Å²) in [6, 6.07) is 0. The van der Waals surface area contributed by atoms with Gasteiger partial charge in [0.15, 0.2) is 0 Å². The van der Waals surface area contributed by atoms with Crippen LogP contribution in [0, 0.1) is 0 Å². The average molecular weight is 335 g/mol. The Kier molecular flexibility index (Phi) is 9.16. The molecular formula is C20H31O4+. The lowest BCUT2D eigenvalue weighted by Crippen LogP contribution is -2.12. The van der Waals surface area contributed by atoms with Crippen molar-refractivity contribution in [2.45, 2.75) is 65.9 Å². The molecule has 1 heterocycles. The van der Waals surface area contributed by atoms with Crippen LogP contribution < -0.4 is 0 Å². The first-order valence-corrected chi connectivity index (χ1v) is 8.56. The van der Waals surface area contributed by atoms with Crippen molar-refractivity contribution >= 4 is 5.97 Å². The van der Waals surface area contributed by atoms with Crippen molar-refractivity contribution in [2.75, 3.05) is 7.11 Å². The zero-order chi connectivity index (χ0) is 17.9. The van der Waals surface area contributed by atoms with Crippen LogP contribution >= 0.6 is 0 Å². The van der Waals surface area contributed by atoms with Crippen LogP contribution in [0.2, 0.25) is 0 Å². The van der Waals surface area contributed by atoms with E-state index in [0.29, 0.717) is 17.8 Å². The van der Waals surface area contributed by atoms with Gasteiger partial charge in [-0.15, -0.1) is 0 Å². The van der Waals surface area contributed by atoms with Crippen molar-refractivity contribution in [3.8, 4) is 0 Å². The number of carbonyl (C=O) groups excluding carboxylic acids is 1. The Hall–Kier alpha value is -1.81. The van der Waals surface area contributed by atoms with E-state index in [1.807, 2.05) is 0 Å². The molecule has 0 spiro atoms. The summed E-state index contributed by atoms with van der Waals surface area (Å²) in [7, 11) is 1.44. The number of allylic oxidation sites excluding steroid dienone is 5. The highest BCUT2D eigenvalue weighted by Gasteiger charge is 2.41. The highest BCUT2D eigenvalue weighted by Crippen LogP contribution is 2.26. The minimum atomic E-state index is -0.321. The average Bonchev–Trinajstić information content (AvgIpc) is 2.81. The Morgan fingerprint density at radius 1 is 1.17 bits per heavy atom. The molecule has 1 unspecified atom stereocenters. The molecule has 0 aromatic carbocycles. The van der Waals surface area contributed by atoms with Gasteiger partial charge in [0.25, 0.3) is 6.10 Å². The van der Waals surface area contributed by atoms with E-state index in [0.717, 1.165) is 25.7 Å². The summed E-state index contributed by atoms with van der Waals surface area (Å²) in [5.74, 6) is 0.455. The van der Waals surface area contributed by atoms with E-state index in [1.54, 1.807) is 6.92 Å². The Morgan fingerprint density at radius 2 is 1.83 bits per heavy atom. The smallest absolute Gasteiger partial charge is 0.335 e. The van der Waals surface area contributed by atoms with E-state index >= 15 is 0 Å². The zero-order valence-corrected chi connectivity index (χ0v) is 15.6. The van der Waals surface area contributed by atoms with E-state index in [2.05, 4.69) is 45.1 Å². The summed E-state index contributed by atoms with van der Waals surface area (Å²) in [6.45, 7) is 8.12. The highest BCUT2D eigenvalue weighted by atomic mass is 17.2. The van der Waals surface area contributed by atoms with Crippen LogP contribution in [0.1, 0.15) is 59.8 Å². The summed E-state index contributed by atoms with van der Waals surface area (Å²) in [5.41, 5.74) is 3.33. The molecule has 1 rings (SSSR count). The monoisotopic (exact) mass is 335 g/mol. The second-order valence-corrected chi connectivity index (χ2v) is 6.13. The molecule has 1 N–H and O–H groups in total. The van der Waals surface area contributed by atoms with Crippen molar-refractivity contribution in [2.24, 2.45) is 0 Å².